The van der Waals surface area contributed by atoms with E-state index in [2.05, 4.69) is 10.6 Å². The second-order valence-electron chi connectivity index (χ2n) is 4.69. The largest absolute Gasteiger partial charge is 0.355 e. The van der Waals surface area contributed by atoms with Crippen molar-refractivity contribution < 1.29 is 4.79 Å². The van der Waals surface area contributed by atoms with Crippen molar-refractivity contribution in [3.05, 3.63) is 0 Å². The molecule has 1 aliphatic carbocycles. The van der Waals surface area contributed by atoms with Crippen LogP contribution in [0.25, 0.3) is 0 Å². The first-order valence-electron chi connectivity index (χ1n) is 5.30. The van der Waals surface area contributed by atoms with Gasteiger partial charge in [0.2, 0.25) is 5.91 Å². The Morgan fingerprint density at radius 3 is 2.64 bits per heavy atom. The van der Waals surface area contributed by atoms with Crippen molar-refractivity contribution in [3.8, 4) is 0 Å². The third kappa shape index (κ3) is 2.07. The first kappa shape index (κ1) is 9.93. The van der Waals surface area contributed by atoms with Gasteiger partial charge in [0, 0.05) is 6.54 Å². The number of likely N-dealkylation sites (N-methyl/N-ethyl adjacent to an activating group) is 1. The number of nitrogens with one attached hydrogen (secondary N) is 2. The molecule has 1 heterocycles. The van der Waals surface area contributed by atoms with Gasteiger partial charge in [0.15, 0.2) is 0 Å². The fraction of sp³-hybridized carbons (Fsp3) is 0.900. The molecule has 1 amide bonds. The van der Waals surface area contributed by atoms with Crippen molar-refractivity contribution >= 4 is 5.91 Å². The molecule has 2 unspecified atom stereocenters. The zero-order valence-electron chi connectivity index (χ0n) is 8.92. The van der Waals surface area contributed by atoms with Gasteiger partial charge < -0.3 is 15.5 Å². The Morgan fingerprint density at radius 1 is 1.43 bits per heavy atom. The van der Waals surface area contributed by atoms with Crippen LogP contribution < -0.4 is 10.6 Å². The van der Waals surface area contributed by atoms with Gasteiger partial charge in [-0.25, -0.2) is 0 Å². The molecular weight excluding hydrogens is 178 g/mol. The molecule has 2 fully saturated rings. The minimum Gasteiger partial charge on any atom is -0.355 e. The SMILES string of the molecule is CN(C)CC(=O)NCC1C2CNCC21. The highest BCUT2D eigenvalue weighted by Crippen LogP contribution is 2.47. The topological polar surface area (TPSA) is 44.4 Å². The molecule has 80 valence electrons. The van der Waals surface area contributed by atoms with Crippen molar-refractivity contribution in [1.82, 2.24) is 15.5 Å². The lowest BCUT2D eigenvalue weighted by Crippen LogP contribution is -2.35. The smallest absolute Gasteiger partial charge is 0.234 e. The minimum atomic E-state index is 0.146. The Kier molecular flexibility index (Phi) is 2.74. The van der Waals surface area contributed by atoms with Gasteiger partial charge in [-0.15, -0.1) is 0 Å². The molecule has 2 rings (SSSR count). The van der Waals surface area contributed by atoms with Gasteiger partial charge in [-0.1, -0.05) is 0 Å². The van der Waals surface area contributed by atoms with Gasteiger partial charge in [0.1, 0.15) is 0 Å². The number of carbonyl (C=O) groups is 1. The molecule has 2 N–H and O–H groups in total. The standard InChI is InChI=1S/C10H19N3O/c1-13(2)6-10(14)12-5-9-7-3-11-4-8(7)9/h7-9,11H,3-6H2,1-2H3,(H,12,14). The molecule has 0 bridgehead atoms. The van der Waals surface area contributed by atoms with Crippen molar-refractivity contribution in [2.75, 3.05) is 40.3 Å². The third-order valence-corrected chi connectivity index (χ3v) is 3.26. The lowest BCUT2D eigenvalue weighted by Gasteiger charge is -2.10. The highest BCUT2D eigenvalue weighted by Gasteiger charge is 2.52. The molecule has 0 aromatic rings. The van der Waals surface area contributed by atoms with Crippen LogP contribution in [0.5, 0.6) is 0 Å². The summed E-state index contributed by atoms with van der Waals surface area (Å²) in [6.07, 6.45) is 0. The maximum atomic E-state index is 11.3. The second-order valence-corrected chi connectivity index (χ2v) is 4.69. The summed E-state index contributed by atoms with van der Waals surface area (Å²) in [5.41, 5.74) is 0. The van der Waals surface area contributed by atoms with Gasteiger partial charge in [-0.3, -0.25) is 4.79 Å². The molecule has 0 aromatic carbocycles. The van der Waals surface area contributed by atoms with E-state index in [0.717, 1.165) is 37.4 Å². The Labute approximate surface area is 85.0 Å². The fourth-order valence-corrected chi connectivity index (χ4v) is 2.42. The summed E-state index contributed by atoms with van der Waals surface area (Å²) in [6, 6.07) is 0. The number of hydrogen-bond donors (Lipinski definition) is 2. The van der Waals surface area contributed by atoms with Crippen LogP contribution in [0, 0.1) is 17.8 Å². The lowest BCUT2D eigenvalue weighted by atomic mass is 10.3. The van der Waals surface area contributed by atoms with Crippen LogP contribution in [-0.2, 0) is 4.79 Å². The molecule has 1 saturated carbocycles. The van der Waals surface area contributed by atoms with E-state index in [9.17, 15) is 4.79 Å². The first-order chi connectivity index (χ1) is 6.68. The van der Waals surface area contributed by atoms with Crippen molar-refractivity contribution in [3.63, 3.8) is 0 Å². The van der Waals surface area contributed by atoms with Crippen LogP contribution in [0.1, 0.15) is 0 Å². The molecule has 4 heteroatoms. The number of hydrogen-bond acceptors (Lipinski definition) is 3. The third-order valence-electron chi connectivity index (χ3n) is 3.26. The van der Waals surface area contributed by atoms with Gasteiger partial charge in [0.05, 0.1) is 6.54 Å². The fourth-order valence-electron chi connectivity index (χ4n) is 2.42. The summed E-state index contributed by atoms with van der Waals surface area (Å²) >= 11 is 0. The summed E-state index contributed by atoms with van der Waals surface area (Å²) < 4.78 is 0. The number of carbonyl (C=O) groups excluding carboxylic acids is 1. The summed E-state index contributed by atoms with van der Waals surface area (Å²) in [5, 5.41) is 6.35. The minimum absolute atomic E-state index is 0.146. The maximum Gasteiger partial charge on any atom is 0.234 e. The average Bonchev–Trinajstić information content (AvgIpc) is 2.57. The predicted molar refractivity (Wildman–Crippen MR) is 54.9 cm³/mol. The second kappa shape index (κ2) is 3.87. The Hall–Kier alpha value is -0.610. The number of nitrogens with zero attached hydrogens (tertiary/aromatic N) is 1. The van der Waals surface area contributed by atoms with Gasteiger partial charge in [-0.05, 0) is 44.9 Å². The Balaban J connectivity index is 1.62. The first-order valence-corrected chi connectivity index (χ1v) is 5.30. The zero-order chi connectivity index (χ0) is 10.1. The summed E-state index contributed by atoms with van der Waals surface area (Å²) in [5.74, 6) is 2.58. The van der Waals surface area contributed by atoms with Crippen molar-refractivity contribution in [2.45, 2.75) is 0 Å². The monoisotopic (exact) mass is 197 g/mol. The number of fused-ring (bicyclic) bond motifs is 1. The van der Waals surface area contributed by atoms with Crippen LogP contribution in [0.2, 0.25) is 0 Å². The van der Waals surface area contributed by atoms with E-state index in [4.69, 9.17) is 0 Å². The van der Waals surface area contributed by atoms with E-state index >= 15 is 0 Å². The molecule has 0 radical (unpaired) electrons. The van der Waals surface area contributed by atoms with Gasteiger partial charge in [0.25, 0.3) is 0 Å². The van der Waals surface area contributed by atoms with E-state index in [1.807, 2.05) is 19.0 Å². The van der Waals surface area contributed by atoms with E-state index in [1.165, 1.54) is 0 Å². The van der Waals surface area contributed by atoms with Gasteiger partial charge in [-0.2, -0.15) is 0 Å². The lowest BCUT2D eigenvalue weighted by molar-refractivity contribution is -0.121. The quantitative estimate of drug-likeness (QED) is 0.616. The molecule has 1 saturated heterocycles. The molecule has 2 atom stereocenters. The number of piperidine rings is 1. The van der Waals surface area contributed by atoms with Crippen LogP contribution in [0.4, 0.5) is 0 Å². The molecular formula is C10H19N3O. The number of rotatable bonds is 4. The summed E-state index contributed by atoms with van der Waals surface area (Å²) in [4.78, 5) is 13.2. The molecule has 1 aliphatic heterocycles. The predicted octanol–water partition coefficient (Wildman–Crippen LogP) is -0.870. The Bertz CT molecular complexity index is 219. The van der Waals surface area contributed by atoms with E-state index in [0.29, 0.717) is 6.54 Å². The Morgan fingerprint density at radius 2 is 2.07 bits per heavy atom. The average molecular weight is 197 g/mol. The van der Waals surface area contributed by atoms with Crippen molar-refractivity contribution in [1.29, 1.82) is 0 Å². The highest BCUT2D eigenvalue weighted by molar-refractivity contribution is 5.77. The molecule has 2 aliphatic rings. The van der Waals surface area contributed by atoms with Crippen LogP contribution in [0.15, 0.2) is 0 Å². The summed E-state index contributed by atoms with van der Waals surface area (Å²) in [7, 11) is 3.82. The number of amides is 1. The molecule has 0 spiro atoms. The van der Waals surface area contributed by atoms with E-state index in [-0.39, 0.29) is 5.91 Å². The highest BCUT2D eigenvalue weighted by atomic mass is 16.2. The van der Waals surface area contributed by atoms with E-state index in [1.54, 1.807) is 0 Å². The van der Waals surface area contributed by atoms with Gasteiger partial charge >= 0.3 is 0 Å². The molecule has 14 heavy (non-hydrogen) atoms. The molecule has 4 nitrogen and oxygen atoms in total. The van der Waals surface area contributed by atoms with Crippen LogP contribution in [0.3, 0.4) is 0 Å². The summed E-state index contributed by atoms with van der Waals surface area (Å²) in [6.45, 7) is 3.68. The maximum absolute atomic E-state index is 11.3. The van der Waals surface area contributed by atoms with Crippen LogP contribution in [-0.4, -0.2) is 51.1 Å². The molecule has 0 aromatic heterocycles. The normalized spacial score (nSPS) is 34.4. The van der Waals surface area contributed by atoms with Crippen molar-refractivity contribution in [2.24, 2.45) is 17.8 Å². The zero-order valence-corrected chi connectivity index (χ0v) is 8.92. The van der Waals surface area contributed by atoms with E-state index < -0.39 is 0 Å². The van der Waals surface area contributed by atoms with Crippen LogP contribution >= 0.6 is 0 Å².